The second kappa shape index (κ2) is 7.38. The molecule has 0 amide bonds. The normalized spacial score (nSPS) is 42.0. The summed E-state index contributed by atoms with van der Waals surface area (Å²) in [6, 6.07) is 0. The van der Waals surface area contributed by atoms with Gasteiger partial charge in [-0.3, -0.25) is 4.79 Å². The highest BCUT2D eigenvalue weighted by molar-refractivity contribution is 5.93. The fourth-order valence-corrected chi connectivity index (χ4v) is 3.06. The van der Waals surface area contributed by atoms with Crippen LogP contribution >= 0.6 is 0 Å². The number of aliphatic hydroxyl groups is 4. The predicted molar refractivity (Wildman–Crippen MR) is 80.3 cm³/mol. The summed E-state index contributed by atoms with van der Waals surface area (Å²) in [5.41, 5.74) is 0.726. The van der Waals surface area contributed by atoms with Crippen LogP contribution in [0.1, 0.15) is 27.2 Å². The van der Waals surface area contributed by atoms with Crippen LogP contribution < -0.4 is 0 Å². The smallest absolute Gasteiger partial charge is 0.187 e. The van der Waals surface area contributed by atoms with E-state index in [-0.39, 0.29) is 17.6 Å². The maximum absolute atomic E-state index is 12.0. The number of hydrogen-bond acceptors (Lipinski definition) is 7. The number of allylic oxidation sites excluding steroid dienone is 1. The van der Waals surface area contributed by atoms with Crippen LogP contribution in [0.3, 0.4) is 0 Å². The number of carbonyl (C=O) groups is 1. The highest BCUT2D eigenvalue weighted by Crippen LogP contribution is 2.32. The van der Waals surface area contributed by atoms with Gasteiger partial charge in [0.15, 0.2) is 12.1 Å². The van der Waals surface area contributed by atoms with Crippen molar-refractivity contribution < 1.29 is 34.7 Å². The molecule has 1 fully saturated rings. The van der Waals surface area contributed by atoms with Gasteiger partial charge in [0.05, 0.1) is 12.7 Å². The van der Waals surface area contributed by atoms with E-state index in [2.05, 4.69) is 0 Å². The number of carbonyl (C=O) groups excluding carboxylic acids is 1. The highest BCUT2D eigenvalue weighted by Gasteiger charge is 2.45. The van der Waals surface area contributed by atoms with Crippen LogP contribution in [-0.4, -0.2) is 69.6 Å². The molecular formula is C16H26O7. The molecule has 0 radical (unpaired) electrons. The number of rotatable bonds is 4. The number of hydrogen-bond donors (Lipinski definition) is 4. The van der Waals surface area contributed by atoms with E-state index in [0.717, 1.165) is 5.57 Å². The van der Waals surface area contributed by atoms with Crippen molar-refractivity contribution in [1.82, 2.24) is 0 Å². The topological polar surface area (TPSA) is 116 Å². The first-order chi connectivity index (χ1) is 10.8. The summed E-state index contributed by atoms with van der Waals surface area (Å²) in [4.78, 5) is 12.0. The molecule has 0 saturated carbocycles. The molecular weight excluding hydrogens is 304 g/mol. The lowest BCUT2D eigenvalue weighted by molar-refractivity contribution is -0.309. The average molecular weight is 330 g/mol. The van der Waals surface area contributed by atoms with Gasteiger partial charge in [0, 0.05) is 5.92 Å². The van der Waals surface area contributed by atoms with Crippen molar-refractivity contribution in [2.24, 2.45) is 11.8 Å². The van der Waals surface area contributed by atoms with Crippen LogP contribution in [0, 0.1) is 11.8 Å². The summed E-state index contributed by atoms with van der Waals surface area (Å²) >= 11 is 0. The Labute approximate surface area is 135 Å². The van der Waals surface area contributed by atoms with Gasteiger partial charge in [0.25, 0.3) is 0 Å². The minimum absolute atomic E-state index is 0.0613. The predicted octanol–water partition coefficient (Wildman–Crippen LogP) is -0.637. The van der Waals surface area contributed by atoms with Gasteiger partial charge in [0.1, 0.15) is 24.4 Å². The molecule has 7 heteroatoms. The van der Waals surface area contributed by atoms with Crippen molar-refractivity contribution in [2.45, 2.75) is 64.0 Å². The molecule has 1 saturated heterocycles. The fourth-order valence-electron chi connectivity index (χ4n) is 3.06. The van der Waals surface area contributed by atoms with E-state index in [4.69, 9.17) is 9.47 Å². The van der Waals surface area contributed by atoms with Crippen LogP contribution in [0.5, 0.6) is 0 Å². The summed E-state index contributed by atoms with van der Waals surface area (Å²) in [7, 11) is 0. The SMILES string of the molecule is CC1=CC(=O)[C@H](C(C)C)C[C@@H]1O[C@@H]1O[C@H](CO)[C@@H](O)[C@H](O)[C@H]1O. The standard InChI is InChI=1S/C16H26O7/c1-7(2)9-5-11(8(3)4-10(9)18)22-16-15(21)14(20)13(19)12(6-17)23-16/h4,7,9,11-17,19-21H,5-6H2,1-3H3/t9-,11-,12+,13+,14-,15+,16+/m0/s1. The van der Waals surface area contributed by atoms with E-state index >= 15 is 0 Å². The van der Waals surface area contributed by atoms with Gasteiger partial charge in [-0.1, -0.05) is 13.8 Å². The maximum atomic E-state index is 12.0. The Kier molecular flexibility index (Phi) is 5.94. The van der Waals surface area contributed by atoms with Crippen molar-refractivity contribution in [3.63, 3.8) is 0 Å². The monoisotopic (exact) mass is 330 g/mol. The zero-order valence-corrected chi connectivity index (χ0v) is 13.6. The zero-order chi connectivity index (χ0) is 17.3. The first-order valence-corrected chi connectivity index (χ1v) is 7.94. The van der Waals surface area contributed by atoms with Crippen molar-refractivity contribution in [1.29, 1.82) is 0 Å². The Bertz CT molecular complexity index is 459. The Morgan fingerprint density at radius 3 is 2.48 bits per heavy atom. The van der Waals surface area contributed by atoms with Gasteiger partial charge < -0.3 is 29.9 Å². The van der Waals surface area contributed by atoms with E-state index in [1.54, 1.807) is 13.0 Å². The first kappa shape index (κ1) is 18.5. The van der Waals surface area contributed by atoms with Crippen LogP contribution in [0.2, 0.25) is 0 Å². The van der Waals surface area contributed by atoms with Crippen molar-refractivity contribution in [2.75, 3.05) is 6.61 Å². The van der Waals surface area contributed by atoms with E-state index in [0.29, 0.717) is 6.42 Å². The lowest BCUT2D eigenvalue weighted by Gasteiger charge is -2.42. The molecule has 132 valence electrons. The Morgan fingerprint density at radius 1 is 1.26 bits per heavy atom. The molecule has 0 aromatic carbocycles. The van der Waals surface area contributed by atoms with Gasteiger partial charge in [-0.2, -0.15) is 0 Å². The minimum atomic E-state index is -1.47. The summed E-state index contributed by atoms with van der Waals surface area (Å²) in [6.45, 7) is 5.19. The lowest BCUT2D eigenvalue weighted by Crippen LogP contribution is -2.59. The molecule has 7 atom stereocenters. The minimum Gasteiger partial charge on any atom is -0.394 e. The lowest BCUT2D eigenvalue weighted by atomic mass is 9.80. The van der Waals surface area contributed by atoms with Gasteiger partial charge in [0.2, 0.25) is 0 Å². The molecule has 1 aliphatic heterocycles. The molecule has 1 aliphatic carbocycles. The maximum Gasteiger partial charge on any atom is 0.187 e. The number of aliphatic hydroxyl groups excluding tert-OH is 4. The average Bonchev–Trinajstić information content (AvgIpc) is 2.49. The zero-order valence-electron chi connectivity index (χ0n) is 13.6. The van der Waals surface area contributed by atoms with Gasteiger partial charge in [-0.25, -0.2) is 0 Å². The molecule has 2 rings (SSSR count). The summed E-state index contributed by atoms with van der Waals surface area (Å²) in [5, 5.41) is 38.8. The van der Waals surface area contributed by atoms with Crippen LogP contribution in [-0.2, 0) is 14.3 Å². The molecule has 1 heterocycles. The highest BCUT2D eigenvalue weighted by atomic mass is 16.7. The quantitative estimate of drug-likeness (QED) is 0.542. The van der Waals surface area contributed by atoms with Gasteiger partial charge in [-0.05, 0) is 30.9 Å². The van der Waals surface area contributed by atoms with E-state index in [1.807, 2.05) is 13.8 Å². The van der Waals surface area contributed by atoms with Crippen LogP contribution in [0.15, 0.2) is 11.6 Å². The fraction of sp³-hybridized carbons (Fsp3) is 0.812. The number of ketones is 1. The Morgan fingerprint density at radius 2 is 1.91 bits per heavy atom. The molecule has 0 aromatic rings. The summed E-state index contributed by atoms with van der Waals surface area (Å²) in [5.74, 6) is 0.0486. The third kappa shape index (κ3) is 3.81. The van der Waals surface area contributed by atoms with Gasteiger partial charge in [-0.15, -0.1) is 0 Å². The largest absolute Gasteiger partial charge is 0.394 e. The molecule has 23 heavy (non-hydrogen) atoms. The molecule has 4 N–H and O–H groups in total. The molecule has 0 unspecified atom stereocenters. The van der Waals surface area contributed by atoms with Crippen molar-refractivity contribution in [3.8, 4) is 0 Å². The third-order valence-electron chi connectivity index (χ3n) is 4.66. The summed E-state index contributed by atoms with van der Waals surface area (Å²) in [6.07, 6.45) is -4.92. The van der Waals surface area contributed by atoms with Crippen LogP contribution in [0.4, 0.5) is 0 Å². The van der Waals surface area contributed by atoms with Gasteiger partial charge >= 0.3 is 0 Å². The third-order valence-corrected chi connectivity index (χ3v) is 4.66. The van der Waals surface area contributed by atoms with E-state index in [9.17, 15) is 25.2 Å². The molecule has 0 bridgehead atoms. The van der Waals surface area contributed by atoms with E-state index < -0.39 is 43.4 Å². The van der Waals surface area contributed by atoms with E-state index in [1.165, 1.54) is 0 Å². The Balaban J connectivity index is 2.11. The molecule has 7 nitrogen and oxygen atoms in total. The molecule has 0 aromatic heterocycles. The molecule has 0 spiro atoms. The number of ether oxygens (including phenoxy) is 2. The van der Waals surface area contributed by atoms with Crippen molar-refractivity contribution in [3.05, 3.63) is 11.6 Å². The first-order valence-electron chi connectivity index (χ1n) is 7.94. The van der Waals surface area contributed by atoms with Crippen molar-refractivity contribution >= 4 is 5.78 Å². The van der Waals surface area contributed by atoms with Crippen LogP contribution in [0.25, 0.3) is 0 Å². The second-order valence-electron chi connectivity index (χ2n) is 6.70. The second-order valence-corrected chi connectivity index (χ2v) is 6.70. The Hall–Kier alpha value is -0.830. The summed E-state index contributed by atoms with van der Waals surface area (Å²) < 4.78 is 11.1. The molecule has 2 aliphatic rings.